The Balaban J connectivity index is 1.93. The Bertz CT molecular complexity index is 1210. The van der Waals surface area contributed by atoms with Crippen molar-refractivity contribution < 1.29 is 45.4 Å². The van der Waals surface area contributed by atoms with Crippen LogP contribution in [0.4, 0.5) is 42.6 Å². The number of carbonyl (C=O) groups excluding carboxylic acids is 1. The molecule has 1 fully saturated rings. The molecule has 2 N–H and O–H groups in total. The molecule has 1 saturated heterocycles. The summed E-state index contributed by atoms with van der Waals surface area (Å²) >= 11 is 0. The van der Waals surface area contributed by atoms with Crippen molar-refractivity contribution in [3.05, 3.63) is 17.5 Å². The highest BCUT2D eigenvalue weighted by atomic mass is 19.4. The van der Waals surface area contributed by atoms with Crippen LogP contribution in [0.25, 0.3) is 11.6 Å². The Morgan fingerprint density at radius 3 is 2.44 bits per heavy atom. The lowest BCUT2D eigenvalue weighted by Crippen LogP contribution is -2.42. The van der Waals surface area contributed by atoms with Gasteiger partial charge in [0, 0.05) is 12.6 Å². The molecule has 1 amide bonds. The number of carbonyl (C=O) groups is 1. The largest absolute Gasteiger partial charge is 0.444 e. The maximum Gasteiger partial charge on any atom is 0.426 e. The SMILES string of the molecule is CC(C)(C)OC(=O)Nc1cc(C(F)(F)F)c2nc1-c1nnc(o1)C(O)(C(F)(F)F)CCCCCC1CCCN21. The first-order valence-electron chi connectivity index (χ1n) is 12.5. The van der Waals surface area contributed by atoms with E-state index in [1.165, 1.54) is 25.7 Å². The molecule has 39 heavy (non-hydrogen) atoms. The Morgan fingerprint density at radius 1 is 1.10 bits per heavy atom. The maximum absolute atomic E-state index is 14.3. The average molecular weight is 566 g/mol. The molecule has 216 valence electrons. The van der Waals surface area contributed by atoms with E-state index in [4.69, 9.17) is 9.15 Å². The van der Waals surface area contributed by atoms with Crippen molar-refractivity contribution in [3.63, 3.8) is 0 Å². The number of aromatic nitrogens is 3. The number of alkyl halides is 6. The van der Waals surface area contributed by atoms with Crippen LogP contribution in [0.1, 0.15) is 77.2 Å². The van der Waals surface area contributed by atoms with Gasteiger partial charge in [0.05, 0.1) is 5.69 Å². The fourth-order valence-electron chi connectivity index (χ4n) is 4.81. The van der Waals surface area contributed by atoms with Gasteiger partial charge < -0.3 is 19.2 Å². The van der Waals surface area contributed by atoms with Crippen LogP contribution in [0.15, 0.2) is 10.5 Å². The lowest BCUT2D eigenvalue weighted by molar-refractivity contribution is -0.277. The van der Waals surface area contributed by atoms with Crippen LogP contribution in [0, 0.1) is 0 Å². The number of ether oxygens (including phenoxy) is 1. The van der Waals surface area contributed by atoms with Gasteiger partial charge >= 0.3 is 18.4 Å². The first-order chi connectivity index (χ1) is 18.0. The summed E-state index contributed by atoms with van der Waals surface area (Å²) in [6.07, 6.45) is -9.67. The number of halogens is 6. The van der Waals surface area contributed by atoms with Gasteiger partial charge in [0.15, 0.2) is 5.69 Å². The molecule has 0 spiro atoms. The van der Waals surface area contributed by atoms with Gasteiger partial charge in [-0.15, -0.1) is 10.2 Å². The third kappa shape index (κ3) is 6.07. The number of hydrogen-bond acceptors (Lipinski definition) is 8. The van der Waals surface area contributed by atoms with E-state index in [2.05, 4.69) is 20.5 Å². The molecular weight excluding hydrogens is 536 g/mol. The number of fused-ring (bicyclic) bond motifs is 7. The highest BCUT2D eigenvalue weighted by molar-refractivity contribution is 5.90. The van der Waals surface area contributed by atoms with Crippen LogP contribution in [0.2, 0.25) is 0 Å². The fraction of sp³-hybridized carbons (Fsp3) is 0.667. The molecule has 4 bridgehead atoms. The molecule has 2 unspecified atom stereocenters. The second-order valence-electron chi connectivity index (χ2n) is 10.7. The molecule has 4 rings (SSSR count). The Hall–Kier alpha value is -3.10. The second kappa shape index (κ2) is 10.1. The van der Waals surface area contributed by atoms with Crippen molar-refractivity contribution in [1.82, 2.24) is 15.2 Å². The molecule has 2 atom stereocenters. The topological polar surface area (TPSA) is 114 Å². The summed E-state index contributed by atoms with van der Waals surface area (Å²) in [5, 5.41) is 19.8. The van der Waals surface area contributed by atoms with E-state index < -0.39 is 70.6 Å². The predicted molar refractivity (Wildman–Crippen MR) is 126 cm³/mol. The number of anilines is 2. The molecule has 2 aromatic heterocycles. The summed E-state index contributed by atoms with van der Waals surface area (Å²) in [6, 6.07) is 0.293. The number of amides is 1. The van der Waals surface area contributed by atoms with Gasteiger partial charge in [0.2, 0.25) is 5.60 Å². The van der Waals surface area contributed by atoms with Crippen molar-refractivity contribution in [1.29, 1.82) is 0 Å². The monoisotopic (exact) mass is 565 g/mol. The van der Waals surface area contributed by atoms with E-state index in [9.17, 15) is 36.2 Å². The first-order valence-corrected chi connectivity index (χ1v) is 12.5. The Labute approximate surface area is 219 Å². The molecule has 4 heterocycles. The summed E-state index contributed by atoms with van der Waals surface area (Å²) in [5.41, 5.74) is -6.69. The van der Waals surface area contributed by atoms with Crippen LogP contribution >= 0.6 is 0 Å². The molecule has 0 aromatic carbocycles. The summed E-state index contributed by atoms with van der Waals surface area (Å²) in [5.74, 6) is -2.34. The minimum atomic E-state index is -5.17. The van der Waals surface area contributed by atoms with Crippen molar-refractivity contribution >= 4 is 17.6 Å². The van der Waals surface area contributed by atoms with Crippen LogP contribution < -0.4 is 10.2 Å². The number of nitrogens with zero attached hydrogens (tertiary/aromatic N) is 4. The fourth-order valence-corrected chi connectivity index (χ4v) is 4.81. The van der Waals surface area contributed by atoms with Gasteiger partial charge in [0.1, 0.15) is 17.0 Å². The van der Waals surface area contributed by atoms with E-state index in [1.807, 2.05) is 0 Å². The van der Waals surface area contributed by atoms with E-state index in [0.717, 1.165) is 0 Å². The first kappa shape index (κ1) is 28.9. The van der Waals surface area contributed by atoms with Crippen molar-refractivity contribution in [3.8, 4) is 11.6 Å². The van der Waals surface area contributed by atoms with Crippen LogP contribution in [-0.2, 0) is 16.5 Å². The second-order valence-corrected chi connectivity index (χ2v) is 10.7. The number of pyridine rings is 1. The summed E-state index contributed by atoms with van der Waals surface area (Å²) in [6.45, 7) is 4.89. The number of nitrogens with one attached hydrogen (secondary N) is 1. The van der Waals surface area contributed by atoms with Crippen molar-refractivity contribution in [2.75, 3.05) is 16.8 Å². The van der Waals surface area contributed by atoms with Crippen molar-refractivity contribution in [2.24, 2.45) is 0 Å². The highest BCUT2D eigenvalue weighted by Crippen LogP contribution is 2.46. The van der Waals surface area contributed by atoms with Gasteiger partial charge in [-0.05, 0) is 58.9 Å². The molecule has 0 saturated carbocycles. The third-order valence-corrected chi connectivity index (χ3v) is 6.62. The number of hydrogen-bond donors (Lipinski definition) is 2. The van der Waals surface area contributed by atoms with Gasteiger partial charge in [-0.1, -0.05) is 12.8 Å². The molecule has 15 heteroatoms. The molecule has 9 nitrogen and oxygen atoms in total. The average Bonchev–Trinajstić information content (AvgIpc) is 3.45. The zero-order valence-corrected chi connectivity index (χ0v) is 21.5. The Kier molecular flexibility index (Phi) is 7.51. The van der Waals surface area contributed by atoms with Gasteiger partial charge in [-0.3, -0.25) is 5.32 Å². The smallest absolute Gasteiger partial charge is 0.426 e. The lowest BCUT2D eigenvalue weighted by Gasteiger charge is -2.30. The standard InChI is InChI=1S/C24H29F6N5O4/c1-21(2,3)39-20(36)31-15-12-14(23(25,26)27)17-32-16(15)18-33-34-19(38-18)22(37,24(28,29)30)10-6-4-5-8-13-9-7-11-35(13)17/h12-13,37H,4-11H2,1-3H3,(H,31,36). The highest BCUT2D eigenvalue weighted by Gasteiger charge is 2.58. The zero-order chi connectivity index (χ0) is 28.8. The maximum atomic E-state index is 14.3. The molecular formula is C24H29F6N5O4. The molecule has 0 radical (unpaired) electrons. The summed E-state index contributed by atoms with van der Waals surface area (Å²) in [7, 11) is 0. The van der Waals surface area contributed by atoms with Gasteiger partial charge in [-0.2, -0.15) is 26.3 Å². The van der Waals surface area contributed by atoms with Crippen LogP contribution in [0.3, 0.4) is 0 Å². The minimum absolute atomic E-state index is 0.0385. The number of aliphatic hydroxyl groups is 1. The normalized spacial score (nSPS) is 22.7. The predicted octanol–water partition coefficient (Wildman–Crippen LogP) is 6.18. The van der Waals surface area contributed by atoms with Crippen molar-refractivity contribution in [2.45, 2.75) is 95.3 Å². The number of rotatable bonds is 1. The minimum Gasteiger partial charge on any atom is -0.444 e. The van der Waals surface area contributed by atoms with E-state index in [1.54, 1.807) is 0 Å². The van der Waals surface area contributed by atoms with Gasteiger partial charge in [-0.25, -0.2) is 9.78 Å². The summed E-state index contributed by atoms with van der Waals surface area (Å²) in [4.78, 5) is 18.2. The van der Waals surface area contributed by atoms with E-state index in [0.29, 0.717) is 38.2 Å². The van der Waals surface area contributed by atoms with Crippen LogP contribution in [0.5, 0.6) is 0 Å². The summed E-state index contributed by atoms with van der Waals surface area (Å²) < 4.78 is 95.1. The molecule has 2 aromatic rings. The quantitative estimate of drug-likeness (QED) is 0.394. The molecule has 2 aliphatic rings. The third-order valence-electron chi connectivity index (χ3n) is 6.62. The van der Waals surface area contributed by atoms with E-state index in [-0.39, 0.29) is 19.0 Å². The Morgan fingerprint density at radius 2 is 1.79 bits per heavy atom. The zero-order valence-electron chi connectivity index (χ0n) is 21.5. The molecule has 2 aliphatic heterocycles. The van der Waals surface area contributed by atoms with E-state index >= 15 is 0 Å². The lowest BCUT2D eigenvalue weighted by atomic mass is 9.94. The molecule has 0 aliphatic carbocycles. The van der Waals surface area contributed by atoms with Gasteiger partial charge in [0.25, 0.3) is 11.8 Å². The van der Waals surface area contributed by atoms with Crippen LogP contribution in [-0.4, -0.2) is 50.7 Å².